The van der Waals surface area contributed by atoms with Crippen LogP contribution >= 0.6 is 0 Å². The van der Waals surface area contributed by atoms with E-state index in [9.17, 15) is 19.8 Å². The molecule has 2 heterocycles. The van der Waals surface area contributed by atoms with E-state index in [1.165, 1.54) is 43.1 Å². The number of aromatic hydroxyl groups is 2. The zero-order valence-corrected chi connectivity index (χ0v) is 18.6. The topological polar surface area (TPSA) is 132 Å². The molecule has 0 bridgehead atoms. The molecule has 1 amide bonds. The van der Waals surface area contributed by atoms with Crippen LogP contribution in [-0.2, 0) is 4.74 Å². The molecule has 1 atom stereocenters. The highest BCUT2D eigenvalue weighted by Crippen LogP contribution is 2.48. The first-order valence-electron chi connectivity index (χ1n) is 10.5. The number of para-hydroxylation sites is 1. The van der Waals surface area contributed by atoms with Crippen molar-refractivity contribution < 1.29 is 34.0 Å². The maximum absolute atomic E-state index is 12.8. The molecule has 10 heteroatoms. The van der Waals surface area contributed by atoms with Gasteiger partial charge in [-0.15, -0.1) is 10.2 Å². The zero-order valence-electron chi connectivity index (χ0n) is 18.6. The summed E-state index contributed by atoms with van der Waals surface area (Å²) < 4.78 is 17.7. The van der Waals surface area contributed by atoms with Crippen LogP contribution in [0.3, 0.4) is 0 Å². The van der Waals surface area contributed by atoms with Crippen molar-refractivity contribution >= 4 is 28.5 Å². The lowest BCUT2D eigenvalue weighted by Crippen LogP contribution is -2.09. The lowest BCUT2D eigenvalue weighted by molar-refractivity contribution is 0.0316. The number of fused-ring (bicyclic) bond motifs is 2. The molecule has 0 spiro atoms. The summed E-state index contributed by atoms with van der Waals surface area (Å²) in [5.41, 5.74) is 1.43. The molecular formula is C25H19N3O7. The van der Waals surface area contributed by atoms with Gasteiger partial charge in [0.25, 0.3) is 5.91 Å². The first kappa shape index (κ1) is 22.0. The van der Waals surface area contributed by atoms with Crippen molar-refractivity contribution in [1.82, 2.24) is 4.57 Å². The second-order valence-corrected chi connectivity index (χ2v) is 7.63. The number of esters is 1. The van der Waals surface area contributed by atoms with Gasteiger partial charge in [0.1, 0.15) is 11.3 Å². The van der Waals surface area contributed by atoms with Crippen LogP contribution in [0.15, 0.2) is 70.9 Å². The van der Waals surface area contributed by atoms with E-state index >= 15 is 0 Å². The maximum Gasteiger partial charge on any atom is 0.344 e. The van der Waals surface area contributed by atoms with Gasteiger partial charge < -0.3 is 24.4 Å². The quantitative estimate of drug-likeness (QED) is 0.317. The summed E-state index contributed by atoms with van der Waals surface area (Å²) >= 11 is 0. The highest BCUT2D eigenvalue weighted by Gasteiger charge is 2.39. The average Bonchev–Trinajstić information content (AvgIpc) is 3.35. The molecule has 3 aromatic carbocycles. The highest BCUT2D eigenvalue weighted by molar-refractivity contribution is 6.00. The second-order valence-electron chi connectivity index (χ2n) is 7.63. The Balaban J connectivity index is 1.62. The number of hydrogen-bond donors (Lipinski definition) is 2. The molecule has 1 aliphatic heterocycles. The number of rotatable bonds is 5. The number of cyclic esters (lactones) is 1. The summed E-state index contributed by atoms with van der Waals surface area (Å²) in [6, 6.07) is 15.8. The molecule has 1 aliphatic rings. The van der Waals surface area contributed by atoms with Crippen LogP contribution in [0, 0.1) is 0 Å². The molecule has 2 N–H and O–H groups in total. The normalized spacial score (nSPS) is 14.8. The van der Waals surface area contributed by atoms with Crippen molar-refractivity contribution in [3.8, 4) is 23.1 Å². The van der Waals surface area contributed by atoms with Gasteiger partial charge in [0, 0.05) is 16.5 Å². The molecule has 5 rings (SSSR count). The number of phenols is 1. The monoisotopic (exact) mass is 473 g/mol. The van der Waals surface area contributed by atoms with Gasteiger partial charge in [0.05, 0.1) is 19.7 Å². The standard InChI is InChI=1S/C25H19N3O7/c1-33-18-12-11-16-19(21(18)34-2)25(32)35-24(16)28-17-6-4-3-5-15(17)20(23(28)31)26-27-22(30)13-7-9-14(29)10-8-13/h3-12,24,29,31H,1-2H3. The molecule has 35 heavy (non-hydrogen) atoms. The Morgan fingerprint density at radius 3 is 2.46 bits per heavy atom. The number of azo groups is 1. The predicted octanol–water partition coefficient (Wildman–Crippen LogP) is 4.71. The number of carbonyl (C=O) groups excluding carboxylic acids is 2. The summed E-state index contributed by atoms with van der Waals surface area (Å²) in [5, 5.41) is 28.8. The van der Waals surface area contributed by atoms with Crippen LogP contribution in [0.2, 0.25) is 0 Å². The number of hydrogen-bond acceptors (Lipinski definition) is 8. The molecule has 10 nitrogen and oxygen atoms in total. The van der Waals surface area contributed by atoms with Crippen LogP contribution in [0.5, 0.6) is 23.1 Å². The summed E-state index contributed by atoms with van der Waals surface area (Å²) in [5.74, 6) is -1.02. The van der Waals surface area contributed by atoms with Crippen LogP contribution < -0.4 is 9.47 Å². The van der Waals surface area contributed by atoms with E-state index < -0.39 is 18.1 Å². The Morgan fingerprint density at radius 2 is 1.74 bits per heavy atom. The molecule has 176 valence electrons. The number of amides is 1. The second kappa shape index (κ2) is 8.49. The van der Waals surface area contributed by atoms with Crippen LogP contribution in [0.1, 0.15) is 32.5 Å². The van der Waals surface area contributed by atoms with Crippen molar-refractivity contribution in [3.63, 3.8) is 0 Å². The van der Waals surface area contributed by atoms with Gasteiger partial charge in [-0.1, -0.05) is 18.2 Å². The smallest absolute Gasteiger partial charge is 0.344 e. The van der Waals surface area contributed by atoms with Gasteiger partial charge in [-0.3, -0.25) is 9.36 Å². The molecule has 4 aromatic rings. The van der Waals surface area contributed by atoms with Gasteiger partial charge in [0.15, 0.2) is 17.2 Å². The number of phenolic OH excluding ortho intramolecular Hbond substituents is 1. The Labute approximate surface area is 198 Å². The molecule has 1 aromatic heterocycles. The third kappa shape index (κ3) is 3.52. The summed E-state index contributed by atoms with van der Waals surface area (Å²) in [4.78, 5) is 25.2. The number of benzene rings is 3. The molecule has 1 unspecified atom stereocenters. The van der Waals surface area contributed by atoms with Crippen molar-refractivity contribution in [2.45, 2.75) is 6.23 Å². The van der Waals surface area contributed by atoms with E-state index in [4.69, 9.17) is 14.2 Å². The van der Waals surface area contributed by atoms with Crippen molar-refractivity contribution in [3.05, 3.63) is 77.4 Å². The maximum atomic E-state index is 12.8. The van der Waals surface area contributed by atoms with Gasteiger partial charge in [-0.05, 0) is 42.5 Å². The first-order chi connectivity index (χ1) is 16.9. The third-order valence-electron chi connectivity index (χ3n) is 5.71. The Morgan fingerprint density at radius 1 is 1.00 bits per heavy atom. The van der Waals surface area contributed by atoms with Gasteiger partial charge in [-0.2, -0.15) is 0 Å². The van der Waals surface area contributed by atoms with Crippen molar-refractivity contribution in [2.24, 2.45) is 10.2 Å². The number of nitrogens with zero attached hydrogens (tertiary/aromatic N) is 3. The SMILES string of the molecule is COc1ccc2c(c1OC)C(=O)OC2n1c(O)c(N=NC(=O)c2ccc(O)cc2)c2ccccc21. The average molecular weight is 473 g/mol. The number of aromatic nitrogens is 1. The largest absolute Gasteiger partial charge is 0.508 e. The van der Waals surface area contributed by atoms with E-state index in [1.807, 2.05) is 0 Å². The van der Waals surface area contributed by atoms with Crippen LogP contribution in [-0.4, -0.2) is 40.9 Å². The minimum Gasteiger partial charge on any atom is -0.508 e. The minimum atomic E-state index is -1.01. The van der Waals surface area contributed by atoms with Gasteiger partial charge in [-0.25, -0.2) is 4.79 Å². The lowest BCUT2D eigenvalue weighted by atomic mass is 10.1. The fourth-order valence-electron chi connectivity index (χ4n) is 4.10. The summed E-state index contributed by atoms with van der Waals surface area (Å²) in [7, 11) is 2.88. The molecular weight excluding hydrogens is 454 g/mol. The summed E-state index contributed by atoms with van der Waals surface area (Å²) in [6.45, 7) is 0. The molecule has 0 saturated carbocycles. The van der Waals surface area contributed by atoms with Crippen LogP contribution in [0.4, 0.5) is 5.69 Å². The minimum absolute atomic E-state index is 0.0137. The lowest BCUT2D eigenvalue weighted by Gasteiger charge is -2.16. The van der Waals surface area contributed by atoms with Gasteiger partial charge in [0.2, 0.25) is 12.1 Å². The highest BCUT2D eigenvalue weighted by atomic mass is 16.6. The Kier molecular flexibility index (Phi) is 5.33. The van der Waals surface area contributed by atoms with E-state index in [0.29, 0.717) is 22.2 Å². The number of carbonyl (C=O) groups is 2. The predicted molar refractivity (Wildman–Crippen MR) is 124 cm³/mol. The fraction of sp³-hybridized carbons (Fsp3) is 0.120. The zero-order chi connectivity index (χ0) is 24.7. The molecule has 0 radical (unpaired) electrons. The van der Waals surface area contributed by atoms with Crippen molar-refractivity contribution in [2.75, 3.05) is 14.2 Å². The Bertz CT molecular complexity index is 1510. The molecule has 0 saturated heterocycles. The van der Waals surface area contributed by atoms with E-state index in [1.54, 1.807) is 36.4 Å². The fourth-order valence-corrected chi connectivity index (χ4v) is 4.10. The van der Waals surface area contributed by atoms with E-state index in [-0.39, 0.29) is 34.2 Å². The van der Waals surface area contributed by atoms with Gasteiger partial charge >= 0.3 is 5.97 Å². The molecule has 0 aliphatic carbocycles. The summed E-state index contributed by atoms with van der Waals surface area (Å²) in [6.07, 6.45) is -1.01. The Hall–Kier alpha value is -4.86. The molecule has 0 fully saturated rings. The first-order valence-corrected chi connectivity index (χ1v) is 10.5. The van der Waals surface area contributed by atoms with Crippen molar-refractivity contribution in [1.29, 1.82) is 0 Å². The van der Waals surface area contributed by atoms with E-state index in [0.717, 1.165) is 0 Å². The number of ether oxygens (including phenoxy) is 3. The van der Waals surface area contributed by atoms with E-state index in [2.05, 4.69) is 10.2 Å². The number of methoxy groups -OCH3 is 2. The third-order valence-corrected chi connectivity index (χ3v) is 5.71. The van der Waals surface area contributed by atoms with Crippen LogP contribution in [0.25, 0.3) is 10.9 Å².